The predicted molar refractivity (Wildman–Crippen MR) is 72.0 cm³/mol. The first-order valence-electron chi connectivity index (χ1n) is 5.69. The highest BCUT2D eigenvalue weighted by Crippen LogP contribution is 2.29. The number of carboxylic acids is 1. The number of nitrogens with zero attached hydrogens (tertiary/aromatic N) is 2. The minimum absolute atomic E-state index is 0.0218. The smallest absolute Gasteiger partial charge is 0.326 e. The molecule has 0 radical (unpaired) electrons. The molecule has 2 rings (SSSR count). The molecule has 0 saturated heterocycles. The largest absolute Gasteiger partial charge is 0.480 e. The van der Waals surface area contributed by atoms with Crippen LogP contribution in [0.4, 0.5) is 5.82 Å². The van der Waals surface area contributed by atoms with Crippen molar-refractivity contribution in [1.29, 1.82) is 0 Å². The van der Waals surface area contributed by atoms with E-state index in [1.54, 1.807) is 0 Å². The SMILES string of the molecule is Cc1csc2ncnc(N[C@H](C(=O)O)C(C)C)c12. The van der Waals surface area contributed by atoms with Crippen LogP contribution in [-0.2, 0) is 4.79 Å². The van der Waals surface area contributed by atoms with Gasteiger partial charge in [0.2, 0.25) is 0 Å². The fourth-order valence-electron chi connectivity index (χ4n) is 1.79. The van der Waals surface area contributed by atoms with Gasteiger partial charge in [-0.05, 0) is 23.8 Å². The lowest BCUT2D eigenvalue weighted by Gasteiger charge is -2.18. The summed E-state index contributed by atoms with van der Waals surface area (Å²) in [4.78, 5) is 20.4. The summed E-state index contributed by atoms with van der Waals surface area (Å²) in [5.74, 6) is -0.295. The number of thiophene rings is 1. The Hall–Kier alpha value is -1.69. The number of carbonyl (C=O) groups is 1. The van der Waals surface area contributed by atoms with E-state index in [0.29, 0.717) is 5.82 Å². The molecule has 1 atom stereocenters. The van der Waals surface area contributed by atoms with Gasteiger partial charge in [-0.3, -0.25) is 0 Å². The van der Waals surface area contributed by atoms with Crippen molar-refractivity contribution in [2.45, 2.75) is 26.8 Å². The normalized spacial score (nSPS) is 12.9. The number of rotatable bonds is 4. The zero-order valence-electron chi connectivity index (χ0n) is 10.5. The molecule has 2 aromatic heterocycles. The van der Waals surface area contributed by atoms with E-state index < -0.39 is 12.0 Å². The molecule has 2 N–H and O–H groups in total. The molecule has 0 unspecified atom stereocenters. The van der Waals surface area contributed by atoms with Crippen LogP contribution in [0.1, 0.15) is 19.4 Å². The molecule has 18 heavy (non-hydrogen) atoms. The van der Waals surface area contributed by atoms with E-state index in [4.69, 9.17) is 0 Å². The van der Waals surface area contributed by atoms with Crippen molar-refractivity contribution >= 4 is 33.3 Å². The number of anilines is 1. The highest BCUT2D eigenvalue weighted by atomic mass is 32.1. The summed E-state index contributed by atoms with van der Waals surface area (Å²) in [5, 5.41) is 15.1. The molecule has 0 aliphatic carbocycles. The lowest BCUT2D eigenvalue weighted by molar-refractivity contribution is -0.138. The number of fused-ring (bicyclic) bond motifs is 1. The number of hydrogen-bond donors (Lipinski definition) is 2. The van der Waals surface area contributed by atoms with Gasteiger partial charge < -0.3 is 10.4 Å². The molecule has 0 aliphatic heterocycles. The third kappa shape index (κ3) is 2.28. The number of aliphatic carboxylic acids is 1. The molecule has 6 heteroatoms. The van der Waals surface area contributed by atoms with E-state index in [1.807, 2.05) is 26.2 Å². The summed E-state index contributed by atoms with van der Waals surface area (Å²) in [7, 11) is 0. The highest BCUT2D eigenvalue weighted by Gasteiger charge is 2.23. The van der Waals surface area contributed by atoms with Crippen molar-refractivity contribution < 1.29 is 9.90 Å². The Morgan fingerprint density at radius 2 is 2.17 bits per heavy atom. The predicted octanol–water partition coefficient (Wildman–Crippen LogP) is 2.52. The van der Waals surface area contributed by atoms with Gasteiger partial charge in [0.25, 0.3) is 0 Å². The van der Waals surface area contributed by atoms with Gasteiger partial charge in [0.15, 0.2) is 0 Å². The maximum atomic E-state index is 11.2. The topological polar surface area (TPSA) is 75.1 Å². The highest BCUT2D eigenvalue weighted by molar-refractivity contribution is 7.17. The van der Waals surface area contributed by atoms with E-state index in [0.717, 1.165) is 15.8 Å². The van der Waals surface area contributed by atoms with Crippen LogP contribution in [-0.4, -0.2) is 27.1 Å². The van der Waals surface area contributed by atoms with Gasteiger partial charge in [-0.25, -0.2) is 14.8 Å². The Morgan fingerprint density at radius 1 is 1.44 bits per heavy atom. The Bertz CT molecular complexity index is 580. The Kier molecular flexibility index (Phi) is 3.47. The maximum Gasteiger partial charge on any atom is 0.326 e. The number of nitrogens with one attached hydrogen (secondary N) is 1. The van der Waals surface area contributed by atoms with Crippen LogP contribution in [0.3, 0.4) is 0 Å². The van der Waals surface area contributed by atoms with E-state index in [9.17, 15) is 9.90 Å². The van der Waals surface area contributed by atoms with Crippen LogP contribution < -0.4 is 5.32 Å². The zero-order valence-corrected chi connectivity index (χ0v) is 11.3. The molecule has 2 heterocycles. The monoisotopic (exact) mass is 265 g/mol. The Morgan fingerprint density at radius 3 is 2.78 bits per heavy atom. The number of aryl methyl sites for hydroxylation is 1. The molecule has 0 bridgehead atoms. The van der Waals surface area contributed by atoms with Crippen LogP contribution >= 0.6 is 11.3 Å². The van der Waals surface area contributed by atoms with Gasteiger partial charge in [0, 0.05) is 0 Å². The van der Waals surface area contributed by atoms with Crippen LogP contribution in [0.2, 0.25) is 0 Å². The Labute approximate surface area is 109 Å². The standard InChI is InChI=1S/C12H15N3O2S/c1-6(2)9(12(16)17)15-10-8-7(3)4-18-11(8)14-5-13-10/h4-6,9H,1-3H3,(H,16,17)(H,13,14,15)/t9-/m0/s1. The number of hydrogen-bond acceptors (Lipinski definition) is 5. The summed E-state index contributed by atoms with van der Waals surface area (Å²) < 4.78 is 0. The van der Waals surface area contributed by atoms with Gasteiger partial charge >= 0.3 is 5.97 Å². The van der Waals surface area contributed by atoms with E-state index in [1.165, 1.54) is 17.7 Å². The second-order valence-corrected chi connectivity index (χ2v) is 5.38. The molecule has 0 fully saturated rings. The van der Waals surface area contributed by atoms with Crippen molar-refractivity contribution in [3.05, 3.63) is 17.3 Å². The lowest BCUT2D eigenvalue weighted by Crippen LogP contribution is -2.34. The minimum atomic E-state index is -0.871. The first-order chi connectivity index (χ1) is 8.50. The first-order valence-corrected chi connectivity index (χ1v) is 6.56. The molecule has 0 aromatic carbocycles. The molecule has 0 amide bonds. The fourth-order valence-corrected chi connectivity index (χ4v) is 2.68. The summed E-state index contributed by atoms with van der Waals surface area (Å²) in [6.45, 7) is 5.70. The van der Waals surface area contributed by atoms with Crippen molar-refractivity contribution in [2.75, 3.05) is 5.32 Å². The summed E-state index contributed by atoms with van der Waals surface area (Å²) in [6.07, 6.45) is 1.46. The molecule has 5 nitrogen and oxygen atoms in total. The molecular weight excluding hydrogens is 250 g/mol. The Balaban J connectivity index is 2.42. The number of carboxylic acid groups (broad SMARTS) is 1. The van der Waals surface area contributed by atoms with E-state index >= 15 is 0 Å². The molecular formula is C12H15N3O2S. The summed E-state index contributed by atoms with van der Waals surface area (Å²) in [5.41, 5.74) is 1.06. The fraction of sp³-hybridized carbons (Fsp3) is 0.417. The van der Waals surface area contributed by atoms with Gasteiger partial charge in [-0.1, -0.05) is 13.8 Å². The molecule has 0 spiro atoms. The average molecular weight is 265 g/mol. The quantitative estimate of drug-likeness (QED) is 0.888. The molecule has 96 valence electrons. The average Bonchev–Trinajstić information content (AvgIpc) is 2.68. The summed E-state index contributed by atoms with van der Waals surface area (Å²) in [6, 6.07) is -0.651. The third-order valence-corrected chi connectivity index (χ3v) is 3.78. The van der Waals surface area contributed by atoms with Crippen molar-refractivity contribution in [1.82, 2.24) is 9.97 Å². The van der Waals surface area contributed by atoms with E-state index in [2.05, 4.69) is 15.3 Å². The third-order valence-electron chi connectivity index (χ3n) is 2.78. The van der Waals surface area contributed by atoms with Gasteiger partial charge in [0.05, 0.1) is 5.39 Å². The van der Waals surface area contributed by atoms with Gasteiger partial charge in [-0.15, -0.1) is 11.3 Å². The van der Waals surface area contributed by atoms with Gasteiger partial charge in [0.1, 0.15) is 23.0 Å². The second kappa shape index (κ2) is 4.89. The molecule has 0 aliphatic rings. The van der Waals surface area contributed by atoms with Crippen LogP contribution in [0.15, 0.2) is 11.7 Å². The zero-order chi connectivity index (χ0) is 13.3. The van der Waals surface area contributed by atoms with Crippen molar-refractivity contribution in [2.24, 2.45) is 5.92 Å². The lowest BCUT2D eigenvalue weighted by atomic mass is 10.0. The second-order valence-electron chi connectivity index (χ2n) is 4.53. The molecule has 2 aromatic rings. The van der Waals surface area contributed by atoms with Crippen LogP contribution in [0, 0.1) is 12.8 Å². The molecule has 0 saturated carbocycles. The van der Waals surface area contributed by atoms with Crippen molar-refractivity contribution in [3.8, 4) is 0 Å². The van der Waals surface area contributed by atoms with Gasteiger partial charge in [-0.2, -0.15) is 0 Å². The number of aromatic nitrogens is 2. The maximum absolute atomic E-state index is 11.2. The van der Waals surface area contributed by atoms with Crippen molar-refractivity contribution in [3.63, 3.8) is 0 Å². The van der Waals surface area contributed by atoms with E-state index in [-0.39, 0.29) is 5.92 Å². The van der Waals surface area contributed by atoms with Crippen LogP contribution in [0.5, 0.6) is 0 Å². The minimum Gasteiger partial charge on any atom is -0.480 e. The van der Waals surface area contributed by atoms with Crippen LogP contribution in [0.25, 0.3) is 10.2 Å². The first kappa shape index (κ1) is 12.8. The summed E-state index contributed by atoms with van der Waals surface area (Å²) >= 11 is 1.53.